The molecule has 5 heteroatoms. The summed E-state index contributed by atoms with van der Waals surface area (Å²) in [5.74, 6) is 0.407. The van der Waals surface area contributed by atoms with Crippen LogP contribution in [0.1, 0.15) is 58.3 Å². The van der Waals surface area contributed by atoms with E-state index in [2.05, 4.69) is 5.32 Å². The predicted molar refractivity (Wildman–Crippen MR) is 85.4 cm³/mol. The van der Waals surface area contributed by atoms with Crippen molar-refractivity contribution in [2.75, 3.05) is 26.2 Å². The summed E-state index contributed by atoms with van der Waals surface area (Å²) in [5, 5.41) is 3.01. The third kappa shape index (κ3) is 5.27. The highest BCUT2D eigenvalue weighted by atomic mass is 16.5. The van der Waals surface area contributed by atoms with Crippen LogP contribution in [0.15, 0.2) is 0 Å². The smallest absolute Gasteiger partial charge is 0.223 e. The van der Waals surface area contributed by atoms with E-state index in [1.54, 1.807) is 0 Å². The van der Waals surface area contributed by atoms with E-state index in [1.165, 1.54) is 25.7 Å². The van der Waals surface area contributed by atoms with Crippen molar-refractivity contribution in [2.45, 2.75) is 64.4 Å². The second-order valence-electron chi connectivity index (χ2n) is 6.43. The average Bonchev–Trinajstić information content (AvgIpc) is 3.07. The van der Waals surface area contributed by atoms with Gasteiger partial charge < -0.3 is 15.0 Å². The number of nitrogens with one attached hydrogen (secondary N) is 1. The van der Waals surface area contributed by atoms with E-state index in [0.29, 0.717) is 19.1 Å². The van der Waals surface area contributed by atoms with Gasteiger partial charge in [0, 0.05) is 38.6 Å². The first-order chi connectivity index (χ1) is 10.7. The molecule has 1 saturated heterocycles. The lowest BCUT2D eigenvalue weighted by Crippen LogP contribution is -2.43. The second kappa shape index (κ2) is 9.13. The first-order valence-electron chi connectivity index (χ1n) is 8.87. The Balaban J connectivity index is 1.53. The molecule has 1 aliphatic carbocycles. The first kappa shape index (κ1) is 17.3. The molecule has 2 aliphatic rings. The van der Waals surface area contributed by atoms with E-state index < -0.39 is 0 Å². The number of nitrogens with zero attached hydrogens (tertiary/aromatic N) is 1. The molecule has 0 aromatic carbocycles. The van der Waals surface area contributed by atoms with E-state index in [-0.39, 0.29) is 17.7 Å². The topological polar surface area (TPSA) is 58.6 Å². The summed E-state index contributed by atoms with van der Waals surface area (Å²) in [7, 11) is 0. The molecule has 1 saturated carbocycles. The minimum absolute atomic E-state index is 0.0663. The summed E-state index contributed by atoms with van der Waals surface area (Å²) in [6.45, 7) is 4.76. The fraction of sp³-hybridized carbons (Fsp3) is 0.882. The molecule has 0 unspecified atom stereocenters. The maximum Gasteiger partial charge on any atom is 0.223 e. The fourth-order valence-corrected chi connectivity index (χ4v) is 3.35. The predicted octanol–water partition coefficient (Wildman–Crippen LogP) is 2.10. The van der Waals surface area contributed by atoms with Crippen molar-refractivity contribution < 1.29 is 14.3 Å². The van der Waals surface area contributed by atoms with E-state index in [9.17, 15) is 9.59 Å². The molecule has 0 radical (unpaired) electrons. The lowest BCUT2D eigenvalue weighted by molar-refractivity contribution is -0.135. The van der Waals surface area contributed by atoms with Gasteiger partial charge in [0.2, 0.25) is 11.8 Å². The van der Waals surface area contributed by atoms with E-state index in [0.717, 1.165) is 39.0 Å². The summed E-state index contributed by atoms with van der Waals surface area (Å²) in [6, 6.07) is 0. The molecule has 126 valence electrons. The van der Waals surface area contributed by atoms with Crippen LogP contribution in [0.2, 0.25) is 0 Å². The molecule has 2 rings (SSSR count). The van der Waals surface area contributed by atoms with Crippen LogP contribution in [0, 0.1) is 5.92 Å². The summed E-state index contributed by atoms with van der Waals surface area (Å²) in [4.78, 5) is 25.6. The minimum atomic E-state index is 0.0663. The molecule has 0 aromatic rings. The molecule has 22 heavy (non-hydrogen) atoms. The Morgan fingerprint density at radius 1 is 1.14 bits per heavy atom. The monoisotopic (exact) mass is 310 g/mol. The van der Waals surface area contributed by atoms with Crippen LogP contribution in [-0.2, 0) is 14.3 Å². The summed E-state index contributed by atoms with van der Waals surface area (Å²) < 4.78 is 5.79. The SMILES string of the molecule is CCC(=O)N1CCC(C(=O)NCCCOC2CCCC2)CC1. The number of rotatable bonds is 7. The zero-order valence-corrected chi connectivity index (χ0v) is 13.8. The third-order valence-corrected chi connectivity index (χ3v) is 4.80. The Labute approximate surface area is 133 Å². The summed E-state index contributed by atoms with van der Waals surface area (Å²) >= 11 is 0. The zero-order chi connectivity index (χ0) is 15.8. The number of carbonyl (C=O) groups excluding carboxylic acids is 2. The quantitative estimate of drug-likeness (QED) is 0.733. The summed E-state index contributed by atoms with van der Waals surface area (Å²) in [6.07, 6.45) is 8.44. The van der Waals surface area contributed by atoms with Gasteiger partial charge in [0.25, 0.3) is 0 Å². The Morgan fingerprint density at radius 3 is 2.45 bits per heavy atom. The highest BCUT2D eigenvalue weighted by Crippen LogP contribution is 2.21. The van der Waals surface area contributed by atoms with Crippen molar-refractivity contribution in [1.82, 2.24) is 10.2 Å². The number of ether oxygens (including phenoxy) is 1. The Bertz CT molecular complexity index is 359. The van der Waals surface area contributed by atoms with Crippen LogP contribution in [0.5, 0.6) is 0 Å². The number of likely N-dealkylation sites (tertiary alicyclic amines) is 1. The van der Waals surface area contributed by atoms with Crippen molar-refractivity contribution >= 4 is 11.8 Å². The molecule has 5 nitrogen and oxygen atoms in total. The lowest BCUT2D eigenvalue weighted by atomic mass is 9.95. The lowest BCUT2D eigenvalue weighted by Gasteiger charge is -2.31. The number of hydrogen-bond acceptors (Lipinski definition) is 3. The van der Waals surface area contributed by atoms with Gasteiger partial charge in [-0.05, 0) is 32.1 Å². The van der Waals surface area contributed by atoms with Crippen molar-refractivity contribution in [3.8, 4) is 0 Å². The maximum atomic E-state index is 12.1. The van der Waals surface area contributed by atoms with Gasteiger partial charge in [-0.25, -0.2) is 0 Å². The molecule has 2 fully saturated rings. The van der Waals surface area contributed by atoms with E-state index >= 15 is 0 Å². The van der Waals surface area contributed by atoms with Crippen LogP contribution >= 0.6 is 0 Å². The Hall–Kier alpha value is -1.10. The van der Waals surface area contributed by atoms with Crippen LogP contribution < -0.4 is 5.32 Å². The van der Waals surface area contributed by atoms with Gasteiger partial charge in [0.15, 0.2) is 0 Å². The number of carbonyl (C=O) groups is 2. The Kier molecular flexibility index (Phi) is 7.16. The first-order valence-corrected chi connectivity index (χ1v) is 8.87. The Morgan fingerprint density at radius 2 is 1.82 bits per heavy atom. The van der Waals surface area contributed by atoms with Crippen LogP contribution in [-0.4, -0.2) is 49.1 Å². The van der Waals surface area contributed by atoms with Gasteiger partial charge >= 0.3 is 0 Å². The molecule has 0 spiro atoms. The highest BCUT2D eigenvalue weighted by Gasteiger charge is 2.26. The van der Waals surface area contributed by atoms with Gasteiger partial charge in [-0.15, -0.1) is 0 Å². The molecule has 1 N–H and O–H groups in total. The zero-order valence-electron chi connectivity index (χ0n) is 13.8. The van der Waals surface area contributed by atoms with E-state index in [1.807, 2.05) is 11.8 Å². The molecule has 2 amide bonds. The normalized spacial score (nSPS) is 20.3. The van der Waals surface area contributed by atoms with Gasteiger partial charge in [0.1, 0.15) is 0 Å². The molecule has 0 atom stereocenters. The highest BCUT2D eigenvalue weighted by molar-refractivity contribution is 5.80. The molecule has 0 bridgehead atoms. The van der Waals surface area contributed by atoms with Crippen molar-refractivity contribution in [2.24, 2.45) is 5.92 Å². The molecule has 1 heterocycles. The minimum Gasteiger partial charge on any atom is -0.378 e. The van der Waals surface area contributed by atoms with E-state index in [4.69, 9.17) is 4.74 Å². The number of amides is 2. The number of hydrogen-bond donors (Lipinski definition) is 1. The van der Waals surface area contributed by atoms with Crippen LogP contribution in [0.4, 0.5) is 0 Å². The van der Waals surface area contributed by atoms with Crippen LogP contribution in [0.3, 0.4) is 0 Å². The standard InChI is InChI=1S/C17H30N2O3/c1-2-16(20)19-11-8-14(9-12-19)17(21)18-10-5-13-22-15-6-3-4-7-15/h14-15H,2-13H2,1H3,(H,18,21). The average molecular weight is 310 g/mol. The van der Waals surface area contributed by atoms with Crippen molar-refractivity contribution in [3.63, 3.8) is 0 Å². The molecular weight excluding hydrogens is 280 g/mol. The third-order valence-electron chi connectivity index (χ3n) is 4.80. The largest absolute Gasteiger partial charge is 0.378 e. The van der Waals surface area contributed by atoms with Crippen LogP contribution in [0.25, 0.3) is 0 Å². The van der Waals surface area contributed by atoms with Gasteiger partial charge in [0.05, 0.1) is 6.10 Å². The van der Waals surface area contributed by atoms with Crippen molar-refractivity contribution in [3.05, 3.63) is 0 Å². The molecule has 0 aromatic heterocycles. The molecular formula is C17H30N2O3. The van der Waals surface area contributed by atoms with Gasteiger partial charge in [-0.3, -0.25) is 9.59 Å². The van der Waals surface area contributed by atoms with Crippen molar-refractivity contribution in [1.29, 1.82) is 0 Å². The fourth-order valence-electron chi connectivity index (χ4n) is 3.35. The van der Waals surface area contributed by atoms with Gasteiger partial charge in [-0.2, -0.15) is 0 Å². The summed E-state index contributed by atoms with van der Waals surface area (Å²) in [5.41, 5.74) is 0. The number of piperidine rings is 1. The van der Waals surface area contributed by atoms with Gasteiger partial charge in [-0.1, -0.05) is 19.8 Å². The maximum absolute atomic E-state index is 12.1. The molecule has 1 aliphatic heterocycles. The second-order valence-corrected chi connectivity index (χ2v) is 6.43.